The lowest BCUT2D eigenvalue weighted by molar-refractivity contribution is -0.137. The number of hydrogen-bond acceptors (Lipinski definition) is 3. The van der Waals surface area contributed by atoms with Gasteiger partial charge in [-0.25, -0.2) is 4.39 Å². The number of carbonyl (C=O) groups excluding carboxylic acids is 1. The number of carboxylic acids is 1. The largest absolute Gasteiger partial charge is 0.494 e. The van der Waals surface area contributed by atoms with Gasteiger partial charge in [0, 0.05) is 18.0 Å². The van der Waals surface area contributed by atoms with Crippen LogP contribution in [0.5, 0.6) is 5.75 Å². The minimum Gasteiger partial charge on any atom is -0.494 e. The van der Waals surface area contributed by atoms with E-state index in [1.54, 1.807) is 36.4 Å². The average Bonchev–Trinajstić information content (AvgIpc) is 3.41. The van der Waals surface area contributed by atoms with Crippen molar-refractivity contribution >= 4 is 17.6 Å². The summed E-state index contributed by atoms with van der Waals surface area (Å²) < 4.78 is 18.4. The van der Waals surface area contributed by atoms with Crippen molar-refractivity contribution in [1.82, 2.24) is 0 Å². The van der Waals surface area contributed by atoms with E-state index in [0.717, 1.165) is 12.0 Å². The number of aliphatic carboxylic acids is 1. The van der Waals surface area contributed by atoms with Gasteiger partial charge in [0.05, 0.1) is 6.61 Å². The van der Waals surface area contributed by atoms with Gasteiger partial charge in [0.25, 0.3) is 0 Å². The van der Waals surface area contributed by atoms with Crippen molar-refractivity contribution in [3.63, 3.8) is 0 Å². The Morgan fingerprint density at radius 2 is 1.81 bits per heavy atom. The summed E-state index contributed by atoms with van der Waals surface area (Å²) in [6.07, 6.45) is 1.28. The molecule has 6 heteroatoms. The third-order valence-electron chi connectivity index (χ3n) is 4.35. The van der Waals surface area contributed by atoms with Crippen molar-refractivity contribution in [3.8, 4) is 5.75 Å². The molecular weight excluding hydrogens is 337 g/mol. The zero-order chi connectivity index (χ0) is 18.5. The number of benzene rings is 2. The zero-order valence-electron chi connectivity index (χ0n) is 14.2. The van der Waals surface area contributed by atoms with E-state index in [9.17, 15) is 14.0 Å². The third-order valence-corrected chi connectivity index (χ3v) is 4.35. The van der Waals surface area contributed by atoms with Gasteiger partial charge in [0.2, 0.25) is 5.91 Å². The van der Waals surface area contributed by atoms with Crippen molar-refractivity contribution in [3.05, 3.63) is 59.9 Å². The summed E-state index contributed by atoms with van der Waals surface area (Å²) in [5, 5.41) is 11.5. The van der Waals surface area contributed by atoms with E-state index in [-0.39, 0.29) is 30.0 Å². The predicted molar refractivity (Wildman–Crippen MR) is 94.7 cm³/mol. The van der Waals surface area contributed by atoms with Gasteiger partial charge in [-0.05, 0) is 60.7 Å². The lowest BCUT2D eigenvalue weighted by atomic mass is 10.1. The molecule has 2 aromatic carbocycles. The Morgan fingerprint density at radius 1 is 1.12 bits per heavy atom. The summed E-state index contributed by atoms with van der Waals surface area (Å²) in [5.74, 6) is -0.482. The van der Waals surface area contributed by atoms with Gasteiger partial charge in [0.1, 0.15) is 11.6 Å². The Bertz CT molecular complexity index is 773. The highest BCUT2D eigenvalue weighted by molar-refractivity contribution is 5.95. The van der Waals surface area contributed by atoms with Crippen LogP contribution in [-0.4, -0.2) is 23.6 Å². The molecule has 136 valence electrons. The van der Waals surface area contributed by atoms with E-state index in [0.29, 0.717) is 24.5 Å². The van der Waals surface area contributed by atoms with E-state index < -0.39 is 5.97 Å². The smallest absolute Gasteiger partial charge is 0.303 e. The summed E-state index contributed by atoms with van der Waals surface area (Å²) in [6, 6.07) is 13.3. The molecule has 1 aliphatic carbocycles. The normalized spacial score (nSPS) is 18.2. The van der Waals surface area contributed by atoms with Gasteiger partial charge < -0.3 is 15.2 Å². The molecule has 0 radical (unpaired) electrons. The van der Waals surface area contributed by atoms with Crippen molar-refractivity contribution in [2.75, 3.05) is 11.9 Å². The molecule has 0 heterocycles. The van der Waals surface area contributed by atoms with Crippen LogP contribution in [-0.2, 0) is 9.59 Å². The van der Waals surface area contributed by atoms with Crippen molar-refractivity contribution in [2.24, 2.45) is 5.92 Å². The molecule has 1 saturated carbocycles. The number of carboxylic acid groups (broad SMARTS) is 1. The molecular formula is C20H20FNO4. The van der Waals surface area contributed by atoms with E-state index in [1.165, 1.54) is 12.1 Å². The number of carbonyl (C=O) groups is 2. The highest BCUT2D eigenvalue weighted by Gasteiger charge is 2.43. The molecule has 1 amide bonds. The quantitative estimate of drug-likeness (QED) is 0.705. The number of rotatable bonds is 8. The minimum absolute atomic E-state index is 0.0468. The maximum absolute atomic E-state index is 13.0. The lowest BCUT2D eigenvalue weighted by Gasteiger charge is -2.08. The van der Waals surface area contributed by atoms with E-state index in [4.69, 9.17) is 9.84 Å². The molecule has 0 spiro atoms. The van der Waals surface area contributed by atoms with Crippen molar-refractivity contribution < 1.29 is 23.8 Å². The fourth-order valence-electron chi connectivity index (χ4n) is 2.85. The minimum atomic E-state index is -0.842. The maximum atomic E-state index is 13.0. The first-order chi connectivity index (χ1) is 12.5. The number of halogens is 1. The third kappa shape index (κ3) is 4.81. The van der Waals surface area contributed by atoms with Crippen LogP contribution < -0.4 is 10.1 Å². The summed E-state index contributed by atoms with van der Waals surface area (Å²) in [4.78, 5) is 22.7. The van der Waals surface area contributed by atoms with Crippen LogP contribution in [0.3, 0.4) is 0 Å². The summed E-state index contributed by atoms with van der Waals surface area (Å²) in [6.45, 7) is 0.333. The monoisotopic (exact) mass is 357 g/mol. The summed E-state index contributed by atoms with van der Waals surface area (Å²) in [5.41, 5.74) is 1.66. The zero-order valence-corrected chi connectivity index (χ0v) is 14.2. The topological polar surface area (TPSA) is 75.6 Å². The molecule has 26 heavy (non-hydrogen) atoms. The number of anilines is 1. The van der Waals surface area contributed by atoms with Crippen LogP contribution in [0.4, 0.5) is 10.1 Å². The fraction of sp³-hybridized carbons (Fsp3) is 0.300. The van der Waals surface area contributed by atoms with Crippen molar-refractivity contribution in [2.45, 2.75) is 25.2 Å². The van der Waals surface area contributed by atoms with Gasteiger partial charge >= 0.3 is 5.97 Å². The molecule has 0 bridgehead atoms. The highest BCUT2D eigenvalue weighted by Crippen LogP contribution is 2.48. The number of amides is 1. The van der Waals surface area contributed by atoms with Crippen LogP contribution in [0.2, 0.25) is 0 Å². The molecule has 0 saturated heterocycles. The average molecular weight is 357 g/mol. The SMILES string of the molecule is O=C(O)CCCOc1ccc(NC(=O)C2CC2c2ccc(F)cc2)cc1. The predicted octanol–water partition coefficient (Wildman–Crippen LogP) is 3.81. The number of ether oxygens (including phenoxy) is 1. The van der Waals surface area contributed by atoms with Gasteiger partial charge in [-0.1, -0.05) is 12.1 Å². The summed E-state index contributed by atoms with van der Waals surface area (Å²) in [7, 11) is 0. The fourth-order valence-corrected chi connectivity index (χ4v) is 2.85. The molecule has 0 aromatic heterocycles. The van der Waals surface area contributed by atoms with Gasteiger partial charge in [-0.15, -0.1) is 0 Å². The highest BCUT2D eigenvalue weighted by atomic mass is 19.1. The molecule has 2 atom stereocenters. The van der Waals surface area contributed by atoms with E-state index >= 15 is 0 Å². The summed E-state index contributed by atoms with van der Waals surface area (Å²) >= 11 is 0. The standard InChI is InChI=1S/C20H20FNO4/c21-14-5-3-13(4-6-14)17-12-18(17)20(25)22-15-7-9-16(10-8-15)26-11-1-2-19(23)24/h3-10,17-18H,1-2,11-12H2,(H,22,25)(H,23,24). The number of nitrogens with one attached hydrogen (secondary N) is 1. The Kier molecular flexibility index (Phi) is 5.51. The van der Waals surface area contributed by atoms with Crippen LogP contribution in [0.25, 0.3) is 0 Å². The second kappa shape index (κ2) is 7.99. The van der Waals surface area contributed by atoms with Crippen LogP contribution >= 0.6 is 0 Å². The first-order valence-corrected chi connectivity index (χ1v) is 8.54. The second-order valence-electron chi connectivity index (χ2n) is 6.36. The van der Waals surface area contributed by atoms with Crippen LogP contribution in [0.15, 0.2) is 48.5 Å². The molecule has 1 aliphatic rings. The van der Waals surface area contributed by atoms with E-state index in [1.807, 2.05) is 0 Å². The molecule has 3 rings (SSSR count). The molecule has 1 fully saturated rings. The first kappa shape index (κ1) is 17.9. The molecule has 0 aliphatic heterocycles. The molecule has 2 aromatic rings. The molecule has 5 nitrogen and oxygen atoms in total. The lowest BCUT2D eigenvalue weighted by Crippen LogP contribution is -2.14. The second-order valence-corrected chi connectivity index (χ2v) is 6.36. The Hall–Kier alpha value is -2.89. The van der Waals surface area contributed by atoms with Gasteiger partial charge in [-0.2, -0.15) is 0 Å². The van der Waals surface area contributed by atoms with Crippen LogP contribution in [0.1, 0.15) is 30.7 Å². The Labute approximate surface area is 150 Å². The Morgan fingerprint density at radius 3 is 2.46 bits per heavy atom. The van der Waals surface area contributed by atoms with Gasteiger partial charge in [-0.3, -0.25) is 9.59 Å². The molecule has 2 unspecified atom stereocenters. The van der Waals surface area contributed by atoms with Gasteiger partial charge in [0.15, 0.2) is 0 Å². The maximum Gasteiger partial charge on any atom is 0.303 e. The van der Waals surface area contributed by atoms with Crippen LogP contribution in [0, 0.1) is 11.7 Å². The van der Waals surface area contributed by atoms with E-state index in [2.05, 4.69) is 5.32 Å². The first-order valence-electron chi connectivity index (χ1n) is 8.54. The molecule has 2 N–H and O–H groups in total. The Balaban J connectivity index is 1.46. The van der Waals surface area contributed by atoms with Crippen molar-refractivity contribution in [1.29, 1.82) is 0 Å². The number of hydrogen-bond donors (Lipinski definition) is 2.